The number of hydrogen-bond acceptors (Lipinski definition) is 4. The van der Waals surface area contributed by atoms with E-state index in [1.165, 1.54) is 26.5 Å². The van der Waals surface area contributed by atoms with Crippen molar-refractivity contribution in [2.75, 3.05) is 0 Å². The highest BCUT2D eigenvalue weighted by Gasteiger charge is 2.20. The number of rotatable bonds is 3. The third-order valence-corrected chi connectivity index (χ3v) is 9.95. The van der Waals surface area contributed by atoms with E-state index in [1.807, 2.05) is 24.3 Å². The second-order valence-electron chi connectivity index (χ2n) is 11.4. The molecule has 0 saturated carbocycles. The van der Waals surface area contributed by atoms with Crippen LogP contribution in [0.3, 0.4) is 0 Å². The molecule has 0 saturated heterocycles. The fourth-order valence-corrected chi connectivity index (χ4v) is 7.91. The fraction of sp³-hybridized carbons (Fsp3) is 0. The first-order valence-corrected chi connectivity index (χ1v) is 15.8. The van der Waals surface area contributed by atoms with Gasteiger partial charge in [-0.3, -0.25) is 0 Å². The number of aromatic nitrogens is 3. The van der Waals surface area contributed by atoms with Crippen LogP contribution < -0.4 is 0 Å². The molecule has 0 bridgehead atoms. The van der Waals surface area contributed by atoms with Crippen molar-refractivity contribution >= 4 is 75.4 Å². The average Bonchev–Trinajstić information content (AvgIpc) is 3.76. The van der Waals surface area contributed by atoms with E-state index in [4.69, 9.17) is 14.4 Å². The van der Waals surface area contributed by atoms with Gasteiger partial charge < -0.3 is 8.98 Å². The molecule has 5 heteroatoms. The summed E-state index contributed by atoms with van der Waals surface area (Å²) in [5, 5.41) is 5.79. The van der Waals surface area contributed by atoms with Crippen LogP contribution in [-0.2, 0) is 0 Å². The summed E-state index contributed by atoms with van der Waals surface area (Å²) in [6.45, 7) is 0. The Labute approximate surface area is 261 Å². The van der Waals surface area contributed by atoms with Crippen molar-refractivity contribution in [1.29, 1.82) is 0 Å². The molecule has 0 atom stereocenters. The normalized spacial score (nSPS) is 12.0. The van der Waals surface area contributed by atoms with Crippen molar-refractivity contribution in [2.45, 2.75) is 0 Å². The summed E-state index contributed by atoms with van der Waals surface area (Å²) in [6.07, 6.45) is 0. The van der Waals surface area contributed by atoms with E-state index in [1.54, 1.807) is 11.3 Å². The molecule has 0 spiro atoms. The third-order valence-electron chi connectivity index (χ3n) is 8.81. The molecule has 0 aliphatic rings. The van der Waals surface area contributed by atoms with Crippen molar-refractivity contribution in [3.05, 3.63) is 140 Å². The zero-order valence-electron chi connectivity index (χ0n) is 23.9. The van der Waals surface area contributed by atoms with Crippen LogP contribution in [0.5, 0.6) is 0 Å². The first-order chi connectivity index (χ1) is 22.3. The van der Waals surface area contributed by atoms with E-state index in [2.05, 4.69) is 120 Å². The van der Waals surface area contributed by atoms with Gasteiger partial charge in [-0.05, 0) is 48.5 Å². The number of para-hydroxylation sites is 3. The van der Waals surface area contributed by atoms with Gasteiger partial charge in [0.25, 0.3) is 0 Å². The van der Waals surface area contributed by atoms with Crippen LogP contribution in [0, 0.1) is 0 Å². The van der Waals surface area contributed by atoms with Gasteiger partial charge in [0, 0.05) is 48.4 Å². The first-order valence-electron chi connectivity index (χ1n) is 15.0. The first kappa shape index (κ1) is 24.6. The lowest BCUT2D eigenvalue weighted by molar-refractivity contribution is 0.669. The molecule has 45 heavy (non-hydrogen) atoms. The van der Waals surface area contributed by atoms with Crippen molar-refractivity contribution in [2.24, 2.45) is 0 Å². The Morgan fingerprint density at radius 1 is 0.511 bits per heavy atom. The molecular weight excluding hydrogens is 571 g/mol. The summed E-state index contributed by atoms with van der Waals surface area (Å²) in [5.41, 5.74) is 9.18. The summed E-state index contributed by atoms with van der Waals surface area (Å²) in [7, 11) is 0. The van der Waals surface area contributed by atoms with Gasteiger partial charge in [0.15, 0.2) is 5.82 Å². The smallest absolute Gasteiger partial charge is 0.160 e. The molecule has 0 N–H and O–H groups in total. The van der Waals surface area contributed by atoms with E-state index in [0.717, 1.165) is 60.0 Å². The molecule has 4 heterocycles. The molecular formula is C40H23N3OS. The molecule has 0 aliphatic heterocycles. The van der Waals surface area contributed by atoms with Crippen molar-refractivity contribution < 1.29 is 4.42 Å². The Balaban J connectivity index is 1.28. The molecule has 0 unspecified atom stereocenters. The quantitative estimate of drug-likeness (QED) is 0.205. The Hall–Kier alpha value is -5.78. The SMILES string of the molecule is c1ccc(-c2nc(-c3ccc4c(c3)oc3ccccc34)nc3c2sc2cc4c(cc23)c2ccccc2n4-c2ccccc2)cc1. The maximum Gasteiger partial charge on any atom is 0.160 e. The lowest BCUT2D eigenvalue weighted by atomic mass is 10.1. The van der Waals surface area contributed by atoms with Crippen molar-refractivity contribution in [1.82, 2.24) is 14.5 Å². The Kier molecular flexibility index (Phi) is 5.12. The molecule has 0 amide bonds. The molecule has 0 fully saturated rings. The molecule has 4 nitrogen and oxygen atoms in total. The maximum absolute atomic E-state index is 6.24. The molecule has 10 aromatic rings. The second-order valence-corrected chi connectivity index (χ2v) is 12.5. The minimum absolute atomic E-state index is 0.690. The zero-order valence-corrected chi connectivity index (χ0v) is 24.8. The van der Waals surface area contributed by atoms with Crippen molar-refractivity contribution in [3.8, 4) is 28.3 Å². The second kappa shape index (κ2) is 9.36. The highest BCUT2D eigenvalue weighted by atomic mass is 32.1. The van der Waals surface area contributed by atoms with E-state index < -0.39 is 0 Å². The van der Waals surface area contributed by atoms with Crippen LogP contribution in [0.15, 0.2) is 144 Å². The summed E-state index contributed by atoms with van der Waals surface area (Å²) >= 11 is 1.76. The molecule has 6 aromatic carbocycles. The molecule has 0 aliphatic carbocycles. The van der Waals surface area contributed by atoms with Gasteiger partial charge in [-0.25, -0.2) is 9.97 Å². The van der Waals surface area contributed by atoms with Gasteiger partial charge in [-0.15, -0.1) is 11.3 Å². The lowest BCUT2D eigenvalue weighted by Crippen LogP contribution is -1.93. The van der Waals surface area contributed by atoms with Gasteiger partial charge >= 0.3 is 0 Å². The number of thiophene rings is 1. The minimum atomic E-state index is 0.690. The van der Waals surface area contributed by atoms with E-state index in [-0.39, 0.29) is 0 Å². The number of benzene rings is 6. The lowest BCUT2D eigenvalue weighted by Gasteiger charge is -2.07. The largest absolute Gasteiger partial charge is 0.456 e. The summed E-state index contributed by atoms with van der Waals surface area (Å²) in [5.74, 6) is 0.690. The van der Waals surface area contributed by atoms with Gasteiger partial charge in [-0.2, -0.15) is 0 Å². The van der Waals surface area contributed by atoms with Crippen LogP contribution in [0.4, 0.5) is 0 Å². The van der Waals surface area contributed by atoms with Crippen LogP contribution in [0.2, 0.25) is 0 Å². The maximum atomic E-state index is 6.24. The predicted octanol–water partition coefficient (Wildman–Crippen LogP) is 11.2. The number of furan rings is 1. The number of fused-ring (bicyclic) bond motifs is 9. The zero-order chi connectivity index (χ0) is 29.5. The summed E-state index contributed by atoms with van der Waals surface area (Å²) in [4.78, 5) is 10.5. The Morgan fingerprint density at radius 2 is 1.24 bits per heavy atom. The average molecular weight is 594 g/mol. The van der Waals surface area contributed by atoms with Crippen LogP contribution >= 0.6 is 11.3 Å². The standard InChI is InChI=1S/C40H23N3OS/c1-3-11-24(12-4-1)37-39-38(42-40(41-37)25-19-20-29-28-16-8-10-18-34(28)44-35(29)21-25)31-22-30-27-15-7-9-17-32(27)43(26-13-5-2-6-14-26)33(30)23-36(31)45-39/h1-23H. The number of hydrogen-bond donors (Lipinski definition) is 0. The van der Waals surface area contributed by atoms with Gasteiger partial charge in [-0.1, -0.05) is 91.0 Å². The van der Waals surface area contributed by atoms with Gasteiger partial charge in [0.2, 0.25) is 0 Å². The summed E-state index contributed by atoms with van der Waals surface area (Å²) in [6, 6.07) is 48.8. The van der Waals surface area contributed by atoms with Crippen molar-refractivity contribution in [3.63, 3.8) is 0 Å². The number of nitrogens with zero attached hydrogens (tertiary/aromatic N) is 3. The summed E-state index contributed by atoms with van der Waals surface area (Å²) < 4.78 is 10.9. The molecule has 0 radical (unpaired) electrons. The van der Waals surface area contributed by atoms with E-state index in [9.17, 15) is 0 Å². The van der Waals surface area contributed by atoms with Gasteiger partial charge in [0.1, 0.15) is 11.2 Å². The van der Waals surface area contributed by atoms with E-state index >= 15 is 0 Å². The molecule has 210 valence electrons. The van der Waals surface area contributed by atoms with Crippen LogP contribution in [-0.4, -0.2) is 14.5 Å². The highest BCUT2D eigenvalue weighted by Crippen LogP contribution is 2.43. The van der Waals surface area contributed by atoms with Crippen LogP contribution in [0.25, 0.3) is 92.4 Å². The molecule has 4 aromatic heterocycles. The Morgan fingerprint density at radius 3 is 2.11 bits per heavy atom. The highest BCUT2D eigenvalue weighted by molar-refractivity contribution is 7.26. The van der Waals surface area contributed by atoms with E-state index in [0.29, 0.717) is 5.82 Å². The topological polar surface area (TPSA) is 43.9 Å². The van der Waals surface area contributed by atoms with Crippen LogP contribution in [0.1, 0.15) is 0 Å². The monoisotopic (exact) mass is 593 g/mol. The Bertz CT molecular complexity index is 2760. The molecule has 10 rings (SSSR count). The van der Waals surface area contributed by atoms with Gasteiger partial charge in [0.05, 0.1) is 26.9 Å². The minimum Gasteiger partial charge on any atom is -0.456 e. The third kappa shape index (κ3) is 3.65. The predicted molar refractivity (Wildman–Crippen MR) is 187 cm³/mol. The fourth-order valence-electron chi connectivity index (χ4n) is 6.75.